The lowest BCUT2D eigenvalue weighted by atomic mass is 9.75. The van der Waals surface area contributed by atoms with E-state index in [0.29, 0.717) is 0 Å². The Morgan fingerprint density at radius 2 is 0.500 bits per heavy atom. The van der Waals surface area contributed by atoms with Crippen LogP contribution >= 0.6 is 0 Å². The topological polar surface area (TPSA) is 133 Å². The summed E-state index contributed by atoms with van der Waals surface area (Å²) in [4.78, 5) is 0. The van der Waals surface area contributed by atoms with Gasteiger partial charge in [-0.05, 0) is 33.7 Å². The van der Waals surface area contributed by atoms with E-state index in [0.717, 1.165) is 0 Å². The second kappa shape index (κ2) is 12.2. The van der Waals surface area contributed by atoms with Crippen LogP contribution in [0.3, 0.4) is 0 Å². The van der Waals surface area contributed by atoms with Crippen molar-refractivity contribution < 1.29 is 126 Å². The maximum absolute atomic E-state index is 14.3. The Kier molecular flexibility index (Phi) is 10.1. The van der Waals surface area contributed by atoms with Crippen molar-refractivity contribution in [2.24, 2.45) is 0 Å². The molecule has 0 saturated heterocycles. The summed E-state index contributed by atoms with van der Waals surface area (Å²) in [7, 11) is 0. The first-order valence-electron chi connectivity index (χ1n) is 13.3. The van der Waals surface area contributed by atoms with E-state index in [1.807, 2.05) is 0 Å². The normalized spacial score (nSPS) is 15.6. The molecule has 0 aliphatic rings. The zero-order valence-corrected chi connectivity index (χ0v) is 25.3. The van der Waals surface area contributed by atoms with Crippen molar-refractivity contribution in [1.82, 2.24) is 0 Å². The van der Waals surface area contributed by atoms with Crippen molar-refractivity contribution in [3.63, 3.8) is 0 Å². The van der Waals surface area contributed by atoms with Gasteiger partial charge in [-0.3, -0.25) is 0 Å². The average Bonchev–Trinajstić information content (AvgIpc) is 2.94. The lowest BCUT2D eigenvalue weighted by Gasteiger charge is -2.40. The van der Waals surface area contributed by atoms with Gasteiger partial charge >= 0.3 is 49.4 Å². The molecule has 8 N–H and O–H groups in total. The maximum Gasteiger partial charge on any atom is 0.430 e. The number of halogens is 24. The van der Waals surface area contributed by atoms with Crippen LogP contribution in [0.25, 0.3) is 21.5 Å². The summed E-state index contributed by atoms with van der Waals surface area (Å²) >= 11 is 0. The molecule has 0 saturated carbocycles. The Hall–Kier alpha value is -4.06. The highest BCUT2D eigenvalue weighted by Gasteiger charge is 2.78. The van der Waals surface area contributed by atoms with Gasteiger partial charge in [-0.1, -0.05) is 12.1 Å². The van der Waals surface area contributed by atoms with E-state index in [1.54, 1.807) is 0 Å². The summed E-state index contributed by atoms with van der Waals surface area (Å²) in [5.41, 5.74) is -40.0. The SMILES string of the molecule is Nc1c(C(O)(C(F)(F)F)C(F)(F)F)cc2ccc3cc(C(O)(C(F)(F)F)C(F)(F)F)c(N)c(C(O)(C(F)(F)F)C(F)(F)F)c3c2c1C(O)(C(F)(F)F)C(F)(F)F. The molecule has 0 unspecified atom stereocenters. The fraction of sp³-hybridized carbons (Fsp3) is 0.462. The summed E-state index contributed by atoms with van der Waals surface area (Å²) in [6.07, 6.45) is -60.3. The van der Waals surface area contributed by atoms with Gasteiger partial charge in [0, 0.05) is 33.6 Å². The van der Waals surface area contributed by atoms with Crippen LogP contribution < -0.4 is 11.5 Å². The molecule has 0 atom stereocenters. The van der Waals surface area contributed by atoms with Gasteiger partial charge in [0.05, 0.1) is 0 Å². The molecule has 0 radical (unpaired) electrons. The predicted octanol–water partition coefficient (Wildman–Crippen LogP) is 8.41. The summed E-state index contributed by atoms with van der Waals surface area (Å²) < 4.78 is 338. The number of aliphatic hydroxyl groups is 4. The van der Waals surface area contributed by atoms with Crippen LogP contribution in [0.15, 0.2) is 24.3 Å². The van der Waals surface area contributed by atoms with Gasteiger partial charge in [-0.25, -0.2) is 0 Å². The number of anilines is 2. The highest BCUT2D eigenvalue weighted by atomic mass is 19.4. The van der Waals surface area contributed by atoms with Gasteiger partial charge in [0.25, 0.3) is 22.4 Å². The number of hydrogen-bond donors (Lipinski definition) is 6. The second-order valence-corrected chi connectivity index (χ2v) is 11.5. The fourth-order valence-corrected chi connectivity index (χ4v) is 5.59. The number of nitrogen functional groups attached to an aromatic ring is 2. The summed E-state index contributed by atoms with van der Waals surface area (Å²) in [6.45, 7) is 0. The van der Waals surface area contributed by atoms with E-state index in [4.69, 9.17) is 11.5 Å². The minimum atomic E-state index is -7.70. The van der Waals surface area contributed by atoms with E-state index >= 15 is 0 Å². The summed E-state index contributed by atoms with van der Waals surface area (Å²) in [5.74, 6) is 0. The van der Waals surface area contributed by atoms with Crippen molar-refractivity contribution in [1.29, 1.82) is 0 Å². The zero-order chi connectivity index (χ0) is 44.6. The molecule has 30 heteroatoms. The number of alkyl halides is 24. The molecule has 3 aromatic rings. The first kappa shape index (κ1) is 46.3. The Morgan fingerprint density at radius 1 is 0.321 bits per heavy atom. The van der Waals surface area contributed by atoms with Gasteiger partial charge in [0.2, 0.25) is 0 Å². The van der Waals surface area contributed by atoms with Crippen molar-refractivity contribution in [3.05, 3.63) is 46.5 Å². The number of nitrogens with two attached hydrogens (primary N) is 2. The zero-order valence-electron chi connectivity index (χ0n) is 25.3. The molecular formula is C26H12F24N2O4. The van der Waals surface area contributed by atoms with Crippen molar-refractivity contribution in [2.45, 2.75) is 71.8 Å². The van der Waals surface area contributed by atoms with E-state index in [9.17, 15) is 126 Å². The second-order valence-electron chi connectivity index (χ2n) is 11.5. The number of hydrogen-bond acceptors (Lipinski definition) is 6. The molecule has 3 aromatic carbocycles. The standard InChI is InChI=1S/C26H12F24N2O4/c27-19(28,29)15(53,20(30,31)32)7-3-5-1-2-6-4-8(16(54,21(33,34)35)22(36,37)38)14(52)12(18(56,25(45,46)47)26(48,49)50)10(6)9(5)11(13(7)51)17(55,23(39,40)41)24(42,43)44/h1-4,53-56H,51-52H2. The van der Waals surface area contributed by atoms with E-state index in [2.05, 4.69) is 0 Å². The van der Waals surface area contributed by atoms with Gasteiger partial charge in [-0.15, -0.1) is 0 Å². The highest BCUT2D eigenvalue weighted by Crippen LogP contribution is 2.62. The smallest absolute Gasteiger partial charge is 0.398 e. The lowest BCUT2D eigenvalue weighted by Crippen LogP contribution is -2.57. The van der Waals surface area contributed by atoms with Crippen LogP contribution in [-0.4, -0.2) is 69.8 Å². The third kappa shape index (κ3) is 6.02. The molecule has 6 nitrogen and oxygen atoms in total. The van der Waals surface area contributed by atoms with Crippen molar-refractivity contribution in [3.8, 4) is 0 Å². The molecule has 318 valence electrons. The largest absolute Gasteiger partial charge is 0.430 e. The summed E-state index contributed by atoms with van der Waals surface area (Å²) in [5, 5.41) is 29.2. The molecule has 0 fully saturated rings. The van der Waals surface area contributed by atoms with Crippen LogP contribution in [0.4, 0.5) is 117 Å². The van der Waals surface area contributed by atoms with Crippen molar-refractivity contribution in [2.75, 3.05) is 11.5 Å². The molecule has 0 aliphatic carbocycles. The molecule has 0 amide bonds. The van der Waals surface area contributed by atoms with Crippen molar-refractivity contribution >= 4 is 32.9 Å². The van der Waals surface area contributed by atoms with Crippen LogP contribution in [0.5, 0.6) is 0 Å². The molecule has 0 spiro atoms. The fourth-order valence-electron chi connectivity index (χ4n) is 5.59. The van der Waals surface area contributed by atoms with Crippen LogP contribution in [0.2, 0.25) is 0 Å². The van der Waals surface area contributed by atoms with E-state index < -0.39 is 151 Å². The molecule has 3 rings (SSSR count). The Bertz CT molecular complexity index is 1830. The number of benzene rings is 3. The van der Waals surface area contributed by atoms with Gasteiger partial charge in [0.1, 0.15) is 0 Å². The molecule has 0 aromatic heterocycles. The Labute approximate surface area is 289 Å². The molecule has 0 aliphatic heterocycles. The third-order valence-electron chi connectivity index (χ3n) is 8.27. The van der Waals surface area contributed by atoms with Gasteiger partial charge in [-0.2, -0.15) is 105 Å². The number of rotatable bonds is 4. The average molecular weight is 872 g/mol. The first-order chi connectivity index (χ1) is 24.3. The van der Waals surface area contributed by atoms with Gasteiger partial charge < -0.3 is 31.9 Å². The maximum atomic E-state index is 14.3. The van der Waals surface area contributed by atoms with Crippen LogP contribution in [0.1, 0.15) is 22.3 Å². The highest BCUT2D eigenvalue weighted by molar-refractivity contribution is 6.15. The third-order valence-corrected chi connectivity index (χ3v) is 8.27. The van der Waals surface area contributed by atoms with E-state index in [1.165, 1.54) is 0 Å². The molecule has 56 heavy (non-hydrogen) atoms. The van der Waals surface area contributed by atoms with Gasteiger partial charge in [0.15, 0.2) is 0 Å². The summed E-state index contributed by atoms with van der Waals surface area (Å²) in [6, 6.07) is -3.32. The van der Waals surface area contributed by atoms with E-state index in [-0.39, 0.29) is 0 Å². The monoisotopic (exact) mass is 872 g/mol. The molecule has 0 heterocycles. The number of fused-ring (bicyclic) bond motifs is 3. The lowest BCUT2D eigenvalue weighted by molar-refractivity contribution is -0.378. The molecule has 0 bridgehead atoms. The van der Waals surface area contributed by atoms with Crippen LogP contribution in [0, 0.1) is 0 Å². The Balaban J connectivity index is 3.18. The molecular weight excluding hydrogens is 860 g/mol. The minimum Gasteiger partial charge on any atom is -0.398 e. The minimum absolute atomic E-state index is 0.561. The van der Waals surface area contributed by atoms with Crippen LogP contribution in [-0.2, 0) is 22.4 Å². The predicted molar refractivity (Wildman–Crippen MR) is 134 cm³/mol. The Morgan fingerprint density at radius 3 is 0.661 bits per heavy atom. The first-order valence-corrected chi connectivity index (χ1v) is 13.3. The quantitative estimate of drug-likeness (QED) is 0.0887.